The van der Waals surface area contributed by atoms with Gasteiger partial charge >= 0.3 is 0 Å². The molecule has 0 N–H and O–H groups in total. The van der Waals surface area contributed by atoms with Gasteiger partial charge in [0.1, 0.15) is 21.7 Å². The van der Waals surface area contributed by atoms with Gasteiger partial charge in [-0.2, -0.15) is 5.26 Å². The molecule has 0 spiro atoms. The molecular weight excluding hydrogens is 486 g/mol. The predicted molar refractivity (Wildman–Crippen MR) is 143 cm³/mol. The molecule has 1 fully saturated rings. The SMILES string of the molecule is COc1ccccc1[C@H](Cc1cc(CCC#N)c(=O)n2c(C)c(-c3ncco3)sc12)OC1CCCCC1. The molecule has 5 rings (SSSR count). The lowest BCUT2D eigenvalue weighted by atomic mass is 9.95. The second-order valence-electron chi connectivity index (χ2n) is 9.48. The van der Waals surface area contributed by atoms with Crippen molar-refractivity contribution in [3.8, 4) is 22.6 Å². The van der Waals surface area contributed by atoms with E-state index in [1.54, 1.807) is 17.7 Å². The van der Waals surface area contributed by atoms with Crippen LogP contribution in [-0.4, -0.2) is 22.6 Å². The molecule has 1 aliphatic carbocycles. The molecule has 1 atom stereocenters. The standard InChI is InChI=1S/C29H31N3O4S/c1-19-26(27-31-15-16-35-27)37-29-21(17-20(9-8-14-30)28(33)32(19)29)18-25(36-22-10-4-3-5-11-22)23-12-6-7-13-24(23)34-2/h6-7,12-13,15-17,22,25H,3-5,8-11,18H2,1-2H3/t25-/m0/s1. The third-order valence-electron chi connectivity index (χ3n) is 7.10. The summed E-state index contributed by atoms with van der Waals surface area (Å²) in [6.45, 7) is 1.92. The van der Waals surface area contributed by atoms with Gasteiger partial charge in [-0.05, 0) is 43.9 Å². The molecule has 0 radical (unpaired) electrons. The highest BCUT2D eigenvalue weighted by Gasteiger charge is 2.26. The molecule has 4 aromatic rings. The molecule has 192 valence electrons. The van der Waals surface area contributed by atoms with E-state index in [9.17, 15) is 10.1 Å². The first-order valence-corrected chi connectivity index (χ1v) is 13.6. The molecule has 1 aromatic carbocycles. The number of pyridine rings is 1. The summed E-state index contributed by atoms with van der Waals surface area (Å²) in [6.07, 6.45) is 10.1. The number of rotatable bonds is 9. The number of para-hydroxylation sites is 1. The van der Waals surface area contributed by atoms with Crippen molar-refractivity contribution in [2.45, 2.75) is 70.5 Å². The predicted octanol–water partition coefficient (Wildman–Crippen LogP) is 6.42. The first kappa shape index (κ1) is 25.2. The molecule has 3 heterocycles. The fourth-order valence-electron chi connectivity index (χ4n) is 5.25. The summed E-state index contributed by atoms with van der Waals surface area (Å²) >= 11 is 1.50. The average Bonchev–Trinajstić information content (AvgIpc) is 3.58. The van der Waals surface area contributed by atoms with Crippen molar-refractivity contribution < 1.29 is 13.9 Å². The maximum atomic E-state index is 13.5. The summed E-state index contributed by atoms with van der Waals surface area (Å²) in [6, 6.07) is 12.1. The average molecular weight is 518 g/mol. The van der Waals surface area contributed by atoms with Gasteiger partial charge in [-0.25, -0.2) is 4.98 Å². The van der Waals surface area contributed by atoms with Crippen LogP contribution in [0.2, 0.25) is 0 Å². The Kier molecular flexibility index (Phi) is 7.73. The summed E-state index contributed by atoms with van der Waals surface area (Å²) < 4.78 is 19.8. The monoisotopic (exact) mass is 517 g/mol. The molecule has 0 unspecified atom stereocenters. The second kappa shape index (κ2) is 11.3. The van der Waals surface area contributed by atoms with E-state index in [4.69, 9.17) is 13.9 Å². The second-order valence-corrected chi connectivity index (χ2v) is 10.5. The van der Waals surface area contributed by atoms with Crippen LogP contribution in [-0.2, 0) is 17.6 Å². The highest BCUT2D eigenvalue weighted by molar-refractivity contribution is 7.21. The van der Waals surface area contributed by atoms with E-state index >= 15 is 0 Å². The molecule has 8 heteroatoms. The molecule has 7 nitrogen and oxygen atoms in total. The Hall–Kier alpha value is -3.41. The number of ether oxygens (including phenoxy) is 2. The number of aromatic nitrogens is 2. The number of fused-ring (bicyclic) bond motifs is 1. The zero-order chi connectivity index (χ0) is 25.8. The topological polar surface area (TPSA) is 89.8 Å². The van der Waals surface area contributed by atoms with Crippen molar-refractivity contribution in [2.75, 3.05) is 7.11 Å². The van der Waals surface area contributed by atoms with Crippen LogP contribution in [0.15, 0.2) is 52.0 Å². The number of oxazole rings is 1. The number of hydrogen-bond acceptors (Lipinski definition) is 7. The summed E-state index contributed by atoms with van der Waals surface area (Å²) in [5, 5.41) is 9.21. The van der Waals surface area contributed by atoms with Crippen LogP contribution in [0, 0.1) is 18.3 Å². The van der Waals surface area contributed by atoms with Crippen molar-refractivity contribution in [1.82, 2.24) is 9.38 Å². The Balaban J connectivity index is 1.64. The van der Waals surface area contributed by atoms with Gasteiger partial charge in [0.2, 0.25) is 5.89 Å². The highest BCUT2D eigenvalue weighted by Crippen LogP contribution is 2.38. The van der Waals surface area contributed by atoms with E-state index in [2.05, 4.69) is 17.1 Å². The van der Waals surface area contributed by atoms with Crippen molar-refractivity contribution in [1.29, 1.82) is 5.26 Å². The minimum absolute atomic E-state index is 0.0948. The maximum Gasteiger partial charge on any atom is 0.259 e. The Morgan fingerprint density at radius 2 is 2.05 bits per heavy atom. The molecule has 1 aliphatic rings. The van der Waals surface area contributed by atoms with Crippen molar-refractivity contribution in [2.24, 2.45) is 0 Å². The Morgan fingerprint density at radius 1 is 1.24 bits per heavy atom. The third kappa shape index (κ3) is 5.20. The number of thiazole rings is 1. The molecule has 3 aromatic heterocycles. The molecule has 0 bridgehead atoms. The quantitative estimate of drug-likeness (QED) is 0.254. The van der Waals surface area contributed by atoms with Gasteiger partial charge in [-0.1, -0.05) is 37.5 Å². The van der Waals surface area contributed by atoms with Crippen LogP contribution in [0.25, 0.3) is 15.6 Å². The van der Waals surface area contributed by atoms with Gasteiger partial charge < -0.3 is 13.9 Å². The number of benzene rings is 1. The largest absolute Gasteiger partial charge is 0.496 e. The zero-order valence-corrected chi connectivity index (χ0v) is 22.1. The van der Waals surface area contributed by atoms with E-state index in [0.29, 0.717) is 24.3 Å². The molecule has 1 saturated carbocycles. The minimum Gasteiger partial charge on any atom is -0.496 e. The summed E-state index contributed by atoms with van der Waals surface area (Å²) in [5.41, 5.74) is 3.33. The van der Waals surface area contributed by atoms with Gasteiger partial charge in [0.25, 0.3) is 5.56 Å². The van der Waals surface area contributed by atoms with Crippen LogP contribution in [0.1, 0.15) is 67.0 Å². The fraction of sp³-hybridized carbons (Fsp3) is 0.414. The fourth-order valence-corrected chi connectivity index (χ4v) is 6.45. The van der Waals surface area contributed by atoms with Crippen LogP contribution >= 0.6 is 11.3 Å². The summed E-state index contributed by atoms with van der Waals surface area (Å²) in [4.78, 5) is 19.5. The molecule has 0 saturated heterocycles. The van der Waals surface area contributed by atoms with Crippen LogP contribution in [0.4, 0.5) is 0 Å². The number of aryl methyl sites for hydroxylation is 2. The number of nitriles is 1. The Bertz CT molecular complexity index is 1460. The smallest absolute Gasteiger partial charge is 0.259 e. The summed E-state index contributed by atoms with van der Waals surface area (Å²) in [5.74, 6) is 1.29. The summed E-state index contributed by atoms with van der Waals surface area (Å²) in [7, 11) is 1.68. The van der Waals surface area contributed by atoms with E-state index in [0.717, 1.165) is 45.1 Å². The minimum atomic E-state index is -0.239. The van der Waals surface area contributed by atoms with E-state index in [1.165, 1.54) is 36.9 Å². The van der Waals surface area contributed by atoms with Gasteiger partial charge in [-0.15, -0.1) is 11.3 Å². The van der Waals surface area contributed by atoms with Crippen LogP contribution in [0.5, 0.6) is 5.75 Å². The number of methoxy groups -OCH3 is 1. The first-order valence-electron chi connectivity index (χ1n) is 12.8. The van der Waals surface area contributed by atoms with E-state index in [1.807, 2.05) is 31.2 Å². The van der Waals surface area contributed by atoms with Crippen molar-refractivity contribution in [3.63, 3.8) is 0 Å². The van der Waals surface area contributed by atoms with E-state index < -0.39 is 0 Å². The van der Waals surface area contributed by atoms with Crippen molar-refractivity contribution in [3.05, 3.63) is 75.5 Å². The molecule has 37 heavy (non-hydrogen) atoms. The lowest BCUT2D eigenvalue weighted by molar-refractivity contribution is -0.0319. The first-order chi connectivity index (χ1) is 18.1. The molecule has 0 amide bonds. The van der Waals surface area contributed by atoms with E-state index in [-0.39, 0.29) is 24.2 Å². The van der Waals surface area contributed by atoms with Gasteiger partial charge in [0.15, 0.2) is 0 Å². The van der Waals surface area contributed by atoms with Crippen molar-refractivity contribution >= 4 is 16.2 Å². The molecular formula is C29H31N3O4S. The Morgan fingerprint density at radius 3 is 2.78 bits per heavy atom. The zero-order valence-electron chi connectivity index (χ0n) is 21.2. The molecule has 0 aliphatic heterocycles. The Labute approximate surface area is 220 Å². The normalized spacial score (nSPS) is 15.1. The van der Waals surface area contributed by atoms with Gasteiger partial charge in [0.05, 0.1) is 31.6 Å². The lowest BCUT2D eigenvalue weighted by Crippen LogP contribution is -2.23. The number of hydrogen-bond donors (Lipinski definition) is 0. The van der Waals surface area contributed by atoms with Crippen LogP contribution < -0.4 is 10.3 Å². The third-order valence-corrected chi connectivity index (χ3v) is 8.41. The number of nitrogens with zero attached hydrogens (tertiary/aromatic N) is 3. The highest BCUT2D eigenvalue weighted by atomic mass is 32.1. The van der Waals surface area contributed by atoms with Gasteiger partial charge in [-0.3, -0.25) is 9.20 Å². The lowest BCUT2D eigenvalue weighted by Gasteiger charge is -2.29. The van der Waals surface area contributed by atoms with Crippen LogP contribution in [0.3, 0.4) is 0 Å². The maximum absolute atomic E-state index is 13.5. The van der Waals surface area contributed by atoms with Gasteiger partial charge in [0, 0.05) is 29.7 Å².